The van der Waals surface area contributed by atoms with Gasteiger partial charge < -0.3 is 10.1 Å². The Labute approximate surface area is 166 Å². The van der Waals surface area contributed by atoms with E-state index in [0.29, 0.717) is 11.4 Å². The van der Waals surface area contributed by atoms with Crippen molar-refractivity contribution in [2.75, 3.05) is 7.05 Å². The van der Waals surface area contributed by atoms with Gasteiger partial charge in [-0.1, -0.05) is 12.1 Å². The normalized spacial score (nSPS) is 11.9. The summed E-state index contributed by atoms with van der Waals surface area (Å²) in [7, 11) is -1.96. The highest BCUT2D eigenvalue weighted by molar-refractivity contribution is 7.89. The zero-order valence-corrected chi connectivity index (χ0v) is 17.7. The van der Waals surface area contributed by atoms with Crippen LogP contribution >= 0.6 is 0 Å². The summed E-state index contributed by atoms with van der Waals surface area (Å²) in [5, 5.41) is 2.80. The lowest BCUT2D eigenvalue weighted by atomic mass is 10.2. The van der Waals surface area contributed by atoms with Crippen LogP contribution in [-0.2, 0) is 16.6 Å². The van der Waals surface area contributed by atoms with Gasteiger partial charge >= 0.3 is 0 Å². The Kier molecular flexibility index (Phi) is 7.15. The van der Waals surface area contributed by atoms with Gasteiger partial charge in [0, 0.05) is 31.9 Å². The number of ether oxygens (including phenoxy) is 1. The van der Waals surface area contributed by atoms with Crippen LogP contribution in [0.5, 0.6) is 5.88 Å². The standard InChI is InChI=1S/C20H27N3O4S/c1-14(2)23(5)28(25,26)18-9-6-16(7-10-18)12-22-20(24)17-8-11-19(21-13-17)27-15(3)4/h6-11,13-15H,12H2,1-5H3,(H,22,24). The maximum atomic E-state index is 12.5. The van der Waals surface area contributed by atoms with Gasteiger partial charge in [0.25, 0.3) is 5.91 Å². The van der Waals surface area contributed by atoms with E-state index < -0.39 is 10.0 Å². The van der Waals surface area contributed by atoms with Crippen LogP contribution in [0.2, 0.25) is 0 Å². The minimum Gasteiger partial charge on any atom is -0.475 e. The summed E-state index contributed by atoms with van der Waals surface area (Å²) in [5.41, 5.74) is 1.22. The Hall–Kier alpha value is -2.45. The maximum absolute atomic E-state index is 12.5. The molecule has 7 nitrogen and oxygen atoms in total. The van der Waals surface area contributed by atoms with E-state index in [-0.39, 0.29) is 29.5 Å². The lowest BCUT2D eigenvalue weighted by Gasteiger charge is -2.21. The third kappa shape index (κ3) is 5.53. The monoisotopic (exact) mass is 405 g/mol. The zero-order valence-electron chi connectivity index (χ0n) is 16.8. The second-order valence-electron chi connectivity index (χ2n) is 6.99. The third-order valence-corrected chi connectivity index (χ3v) is 6.18. The van der Waals surface area contributed by atoms with Gasteiger partial charge in [0.05, 0.1) is 16.6 Å². The fourth-order valence-electron chi connectivity index (χ4n) is 2.33. The smallest absolute Gasteiger partial charge is 0.253 e. The van der Waals surface area contributed by atoms with Crippen molar-refractivity contribution in [1.29, 1.82) is 0 Å². The number of benzene rings is 1. The SMILES string of the molecule is CC(C)Oc1ccc(C(=O)NCc2ccc(S(=O)(=O)N(C)C(C)C)cc2)cn1. The lowest BCUT2D eigenvalue weighted by Crippen LogP contribution is -2.33. The predicted molar refractivity (Wildman–Crippen MR) is 108 cm³/mol. The van der Waals surface area contributed by atoms with Crippen molar-refractivity contribution in [3.63, 3.8) is 0 Å². The molecule has 28 heavy (non-hydrogen) atoms. The highest BCUT2D eigenvalue weighted by Crippen LogP contribution is 2.17. The summed E-state index contributed by atoms with van der Waals surface area (Å²) < 4.78 is 31.7. The van der Waals surface area contributed by atoms with Crippen LogP contribution in [0, 0.1) is 0 Å². The molecule has 0 saturated heterocycles. The number of sulfonamides is 1. The molecule has 8 heteroatoms. The number of rotatable bonds is 8. The number of amides is 1. The van der Waals surface area contributed by atoms with E-state index in [1.54, 1.807) is 43.4 Å². The number of nitrogens with one attached hydrogen (secondary N) is 1. The number of aromatic nitrogens is 1. The van der Waals surface area contributed by atoms with Crippen LogP contribution in [-0.4, -0.2) is 42.8 Å². The Bertz CT molecular complexity index is 892. The minimum absolute atomic E-state index is 0.0132. The third-order valence-electron chi connectivity index (χ3n) is 4.14. The largest absolute Gasteiger partial charge is 0.475 e. The maximum Gasteiger partial charge on any atom is 0.253 e. The molecule has 0 aliphatic rings. The van der Waals surface area contributed by atoms with Gasteiger partial charge in [0.1, 0.15) is 0 Å². The highest BCUT2D eigenvalue weighted by atomic mass is 32.2. The van der Waals surface area contributed by atoms with Crippen molar-refractivity contribution in [3.05, 3.63) is 53.7 Å². The van der Waals surface area contributed by atoms with E-state index in [4.69, 9.17) is 4.74 Å². The summed E-state index contributed by atoms with van der Waals surface area (Å²) in [6, 6.07) is 9.66. The number of carbonyl (C=O) groups excluding carboxylic acids is 1. The molecule has 1 amide bonds. The molecular weight excluding hydrogens is 378 g/mol. The zero-order chi connectivity index (χ0) is 20.9. The molecule has 0 atom stereocenters. The van der Waals surface area contributed by atoms with Gasteiger partial charge in [-0.2, -0.15) is 4.31 Å². The summed E-state index contributed by atoms with van der Waals surface area (Å²) in [6.45, 7) is 7.72. The molecule has 0 unspecified atom stereocenters. The Balaban J connectivity index is 1.98. The highest BCUT2D eigenvalue weighted by Gasteiger charge is 2.22. The molecule has 1 heterocycles. The summed E-state index contributed by atoms with van der Waals surface area (Å²) >= 11 is 0. The number of hydrogen-bond donors (Lipinski definition) is 1. The molecule has 0 fully saturated rings. The first-order valence-electron chi connectivity index (χ1n) is 9.09. The van der Waals surface area contributed by atoms with Crippen molar-refractivity contribution >= 4 is 15.9 Å². The van der Waals surface area contributed by atoms with Crippen LogP contribution in [0.4, 0.5) is 0 Å². The van der Waals surface area contributed by atoms with Crippen LogP contribution in [0.25, 0.3) is 0 Å². The second-order valence-corrected chi connectivity index (χ2v) is 8.99. The van der Waals surface area contributed by atoms with Crippen molar-refractivity contribution in [2.24, 2.45) is 0 Å². The van der Waals surface area contributed by atoms with Gasteiger partial charge in [0.15, 0.2) is 0 Å². The average molecular weight is 406 g/mol. The van der Waals surface area contributed by atoms with E-state index in [9.17, 15) is 13.2 Å². The molecule has 0 spiro atoms. The van der Waals surface area contributed by atoms with Crippen LogP contribution in [0.3, 0.4) is 0 Å². The first-order chi connectivity index (χ1) is 13.1. The molecule has 1 N–H and O–H groups in total. The van der Waals surface area contributed by atoms with Crippen molar-refractivity contribution in [3.8, 4) is 5.88 Å². The molecule has 152 valence electrons. The van der Waals surface area contributed by atoms with Crippen LogP contribution in [0.1, 0.15) is 43.6 Å². The van der Waals surface area contributed by atoms with Crippen LogP contribution in [0.15, 0.2) is 47.5 Å². The van der Waals surface area contributed by atoms with E-state index >= 15 is 0 Å². The van der Waals surface area contributed by atoms with Crippen LogP contribution < -0.4 is 10.1 Å². The summed E-state index contributed by atoms with van der Waals surface area (Å²) in [6.07, 6.45) is 1.48. The minimum atomic E-state index is -3.52. The molecule has 1 aromatic heterocycles. The van der Waals surface area contributed by atoms with E-state index in [1.165, 1.54) is 10.5 Å². The number of carbonyl (C=O) groups is 1. The van der Waals surface area contributed by atoms with Gasteiger partial charge in [-0.3, -0.25) is 4.79 Å². The molecule has 2 aromatic rings. The first kappa shape index (κ1) is 21.8. The Morgan fingerprint density at radius 2 is 1.75 bits per heavy atom. The molecule has 0 aliphatic heterocycles. The fourth-order valence-corrected chi connectivity index (χ4v) is 3.70. The summed E-state index contributed by atoms with van der Waals surface area (Å²) in [5.74, 6) is 0.203. The van der Waals surface area contributed by atoms with Gasteiger partial charge in [0.2, 0.25) is 15.9 Å². The Morgan fingerprint density at radius 1 is 1.11 bits per heavy atom. The average Bonchev–Trinajstić information content (AvgIpc) is 2.65. The molecule has 2 rings (SSSR count). The second kappa shape index (κ2) is 9.16. The quantitative estimate of drug-likeness (QED) is 0.730. The predicted octanol–water partition coefficient (Wildman–Crippen LogP) is 2.83. The fraction of sp³-hybridized carbons (Fsp3) is 0.400. The van der Waals surface area contributed by atoms with Gasteiger partial charge in [-0.25, -0.2) is 13.4 Å². The lowest BCUT2D eigenvalue weighted by molar-refractivity contribution is 0.0950. The van der Waals surface area contributed by atoms with E-state index in [1.807, 2.05) is 27.7 Å². The number of pyridine rings is 1. The number of hydrogen-bond acceptors (Lipinski definition) is 5. The van der Waals surface area contributed by atoms with E-state index in [0.717, 1.165) is 5.56 Å². The summed E-state index contributed by atoms with van der Waals surface area (Å²) in [4.78, 5) is 16.6. The van der Waals surface area contributed by atoms with Gasteiger partial charge in [-0.05, 0) is 51.5 Å². The van der Waals surface area contributed by atoms with Gasteiger partial charge in [-0.15, -0.1) is 0 Å². The first-order valence-corrected chi connectivity index (χ1v) is 10.5. The topological polar surface area (TPSA) is 88.6 Å². The van der Waals surface area contributed by atoms with E-state index in [2.05, 4.69) is 10.3 Å². The molecule has 0 aliphatic carbocycles. The van der Waals surface area contributed by atoms with Crippen molar-refractivity contribution < 1.29 is 17.9 Å². The van der Waals surface area contributed by atoms with Crippen molar-refractivity contribution in [1.82, 2.24) is 14.6 Å². The number of nitrogens with zero attached hydrogens (tertiary/aromatic N) is 2. The van der Waals surface area contributed by atoms with Crippen molar-refractivity contribution in [2.45, 2.75) is 51.3 Å². The Morgan fingerprint density at radius 3 is 2.25 bits per heavy atom. The molecular formula is C20H27N3O4S. The molecule has 1 aromatic carbocycles. The molecule has 0 saturated carbocycles. The molecule has 0 radical (unpaired) electrons. The molecule has 0 bridgehead atoms.